The van der Waals surface area contributed by atoms with Gasteiger partial charge in [0.1, 0.15) is 0 Å². The summed E-state index contributed by atoms with van der Waals surface area (Å²) in [6, 6.07) is 13.9. The third-order valence-electron chi connectivity index (χ3n) is 3.52. The summed E-state index contributed by atoms with van der Waals surface area (Å²) in [5, 5.41) is 0. The number of amides is 1. The lowest BCUT2D eigenvalue weighted by molar-refractivity contribution is -0.137. The lowest BCUT2D eigenvalue weighted by Gasteiger charge is -2.08. The van der Waals surface area contributed by atoms with Crippen molar-refractivity contribution >= 4 is 5.91 Å². The van der Waals surface area contributed by atoms with E-state index in [1.54, 1.807) is 4.90 Å². The van der Waals surface area contributed by atoms with Crippen LogP contribution in [-0.2, 0) is 6.18 Å². The fourth-order valence-electron chi connectivity index (χ4n) is 2.29. The van der Waals surface area contributed by atoms with Crippen LogP contribution in [0.3, 0.4) is 0 Å². The summed E-state index contributed by atoms with van der Waals surface area (Å²) in [6.45, 7) is 0.601. The van der Waals surface area contributed by atoms with E-state index in [9.17, 15) is 18.0 Å². The second kappa shape index (κ2) is 4.91. The van der Waals surface area contributed by atoms with Crippen LogP contribution in [0.1, 0.15) is 27.5 Å². The van der Waals surface area contributed by atoms with Gasteiger partial charge in [0.2, 0.25) is 0 Å². The fraction of sp³-hybridized carbons (Fsp3) is 0.188. The Morgan fingerprint density at radius 1 is 1.00 bits per heavy atom. The molecule has 0 spiro atoms. The van der Waals surface area contributed by atoms with E-state index in [4.69, 9.17) is 0 Å². The third-order valence-corrected chi connectivity index (χ3v) is 3.52. The Kier molecular flexibility index (Phi) is 3.20. The van der Waals surface area contributed by atoms with Gasteiger partial charge in [0.15, 0.2) is 0 Å². The molecule has 2 aromatic carbocycles. The van der Waals surface area contributed by atoms with Gasteiger partial charge in [-0.1, -0.05) is 30.3 Å². The molecule has 0 saturated carbocycles. The van der Waals surface area contributed by atoms with Crippen LogP contribution in [0.5, 0.6) is 0 Å². The number of alkyl halides is 3. The minimum absolute atomic E-state index is 0.0287. The van der Waals surface area contributed by atoms with E-state index in [1.807, 2.05) is 30.3 Å². The minimum Gasteiger partial charge on any atom is -0.327 e. The summed E-state index contributed by atoms with van der Waals surface area (Å²) < 4.78 is 37.4. The van der Waals surface area contributed by atoms with Crippen LogP contribution in [0.25, 0.3) is 0 Å². The summed E-state index contributed by atoms with van der Waals surface area (Å²) in [7, 11) is 0. The molecule has 21 heavy (non-hydrogen) atoms. The highest BCUT2D eigenvalue weighted by Crippen LogP contribution is 2.36. The van der Waals surface area contributed by atoms with Crippen molar-refractivity contribution in [3.63, 3.8) is 0 Å². The van der Waals surface area contributed by atoms with Crippen LogP contribution in [-0.4, -0.2) is 17.4 Å². The molecule has 0 bridgehead atoms. The quantitative estimate of drug-likeness (QED) is 0.768. The number of nitrogens with zero attached hydrogens (tertiary/aromatic N) is 1. The molecule has 1 fully saturated rings. The van der Waals surface area contributed by atoms with E-state index in [0.29, 0.717) is 6.54 Å². The minimum atomic E-state index is -4.38. The van der Waals surface area contributed by atoms with Crippen LogP contribution in [0, 0.1) is 0 Å². The van der Waals surface area contributed by atoms with E-state index >= 15 is 0 Å². The van der Waals surface area contributed by atoms with E-state index < -0.39 is 11.7 Å². The topological polar surface area (TPSA) is 20.1 Å². The third kappa shape index (κ3) is 2.77. The van der Waals surface area contributed by atoms with Crippen molar-refractivity contribution in [1.29, 1.82) is 0 Å². The SMILES string of the molecule is O=C(c1ccc(C(F)(F)F)cc1)N1CC1c1ccccc1. The van der Waals surface area contributed by atoms with Crippen LogP contribution in [0.4, 0.5) is 13.2 Å². The molecule has 1 unspecified atom stereocenters. The first-order chi connectivity index (χ1) is 9.97. The van der Waals surface area contributed by atoms with E-state index in [-0.39, 0.29) is 17.5 Å². The number of benzene rings is 2. The molecule has 1 saturated heterocycles. The molecule has 0 N–H and O–H groups in total. The van der Waals surface area contributed by atoms with Gasteiger partial charge in [-0.25, -0.2) is 0 Å². The molecule has 0 radical (unpaired) electrons. The number of carbonyl (C=O) groups is 1. The zero-order chi connectivity index (χ0) is 15.0. The number of rotatable bonds is 2. The Balaban J connectivity index is 1.73. The van der Waals surface area contributed by atoms with Crippen LogP contribution < -0.4 is 0 Å². The highest BCUT2D eigenvalue weighted by molar-refractivity contribution is 5.96. The van der Waals surface area contributed by atoms with Crippen molar-refractivity contribution in [1.82, 2.24) is 4.90 Å². The summed E-state index contributed by atoms with van der Waals surface area (Å²) in [4.78, 5) is 13.8. The van der Waals surface area contributed by atoms with Crippen molar-refractivity contribution in [3.05, 3.63) is 71.3 Å². The Morgan fingerprint density at radius 3 is 2.19 bits per heavy atom. The Bertz CT molecular complexity index is 649. The van der Waals surface area contributed by atoms with Gasteiger partial charge in [-0.3, -0.25) is 4.79 Å². The molecule has 1 aliphatic rings. The molecule has 5 heteroatoms. The molecule has 3 rings (SSSR count). The molecule has 2 aromatic rings. The Hall–Kier alpha value is -2.30. The lowest BCUT2D eigenvalue weighted by atomic mass is 10.1. The molecule has 1 aliphatic heterocycles. The van der Waals surface area contributed by atoms with E-state index in [0.717, 1.165) is 17.7 Å². The highest BCUT2D eigenvalue weighted by atomic mass is 19.4. The summed E-state index contributed by atoms with van der Waals surface area (Å²) >= 11 is 0. The molecular weight excluding hydrogens is 279 g/mol. The van der Waals surface area contributed by atoms with Crippen molar-refractivity contribution in [2.75, 3.05) is 6.54 Å². The summed E-state index contributed by atoms with van der Waals surface area (Å²) in [5.74, 6) is -0.238. The second-order valence-corrected chi connectivity index (χ2v) is 4.96. The first-order valence-electron chi connectivity index (χ1n) is 6.50. The lowest BCUT2D eigenvalue weighted by Crippen LogP contribution is -2.12. The monoisotopic (exact) mass is 291 g/mol. The number of halogens is 3. The maximum absolute atomic E-state index is 12.5. The van der Waals surface area contributed by atoms with Crippen LogP contribution >= 0.6 is 0 Å². The van der Waals surface area contributed by atoms with Gasteiger partial charge in [0, 0.05) is 12.1 Å². The van der Waals surface area contributed by atoms with Gasteiger partial charge in [0.05, 0.1) is 11.6 Å². The molecule has 0 aromatic heterocycles. The largest absolute Gasteiger partial charge is 0.416 e. The number of hydrogen-bond acceptors (Lipinski definition) is 1. The van der Waals surface area contributed by atoms with Crippen LogP contribution in [0.15, 0.2) is 54.6 Å². The molecular formula is C16H12F3NO. The maximum Gasteiger partial charge on any atom is 0.416 e. The molecule has 0 aliphatic carbocycles. The van der Waals surface area contributed by atoms with Crippen molar-refractivity contribution < 1.29 is 18.0 Å². The first-order valence-corrected chi connectivity index (χ1v) is 6.50. The summed E-state index contributed by atoms with van der Waals surface area (Å²) in [5.41, 5.74) is 0.573. The Morgan fingerprint density at radius 2 is 1.62 bits per heavy atom. The predicted octanol–water partition coefficient (Wildman–Crippen LogP) is 3.90. The zero-order valence-electron chi connectivity index (χ0n) is 11.0. The number of hydrogen-bond donors (Lipinski definition) is 0. The van der Waals surface area contributed by atoms with Gasteiger partial charge in [-0.15, -0.1) is 0 Å². The molecule has 2 nitrogen and oxygen atoms in total. The first kappa shape index (κ1) is 13.7. The molecule has 1 amide bonds. The van der Waals surface area contributed by atoms with E-state index in [2.05, 4.69) is 0 Å². The standard InChI is InChI=1S/C16H12F3NO/c17-16(18,19)13-8-6-12(7-9-13)15(21)20-10-14(20)11-4-2-1-3-5-11/h1-9,14H,10H2. The Labute approximate surface area is 119 Å². The van der Waals surface area contributed by atoms with Gasteiger partial charge >= 0.3 is 6.18 Å². The smallest absolute Gasteiger partial charge is 0.327 e. The van der Waals surface area contributed by atoms with Gasteiger partial charge in [-0.2, -0.15) is 13.2 Å². The van der Waals surface area contributed by atoms with Gasteiger partial charge in [0.25, 0.3) is 5.91 Å². The molecule has 1 atom stereocenters. The van der Waals surface area contributed by atoms with Gasteiger partial charge in [-0.05, 0) is 29.8 Å². The van der Waals surface area contributed by atoms with E-state index in [1.165, 1.54) is 12.1 Å². The molecule has 1 heterocycles. The summed E-state index contributed by atoms with van der Waals surface area (Å²) in [6.07, 6.45) is -4.38. The molecule has 108 valence electrons. The average molecular weight is 291 g/mol. The van der Waals surface area contributed by atoms with Gasteiger partial charge < -0.3 is 4.90 Å². The highest BCUT2D eigenvalue weighted by Gasteiger charge is 2.40. The fourth-order valence-corrected chi connectivity index (χ4v) is 2.29. The van der Waals surface area contributed by atoms with Crippen molar-refractivity contribution in [2.45, 2.75) is 12.2 Å². The normalized spacial score (nSPS) is 17.7. The van der Waals surface area contributed by atoms with Crippen LogP contribution in [0.2, 0.25) is 0 Å². The van der Waals surface area contributed by atoms with Crippen molar-refractivity contribution in [3.8, 4) is 0 Å². The predicted molar refractivity (Wildman–Crippen MR) is 71.7 cm³/mol. The maximum atomic E-state index is 12.5. The number of carbonyl (C=O) groups excluding carboxylic acids is 1. The second-order valence-electron chi connectivity index (χ2n) is 4.96. The zero-order valence-corrected chi connectivity index (χ0v) is 11.0. The average Bonchev–Trinajstić information content (AvgIpc) is 3.27. The van der Waals surface area contributed by atoms with Crippen molar-refractivity contribution in [2.24, 2.45) is 0 Å².